The Balaban J connectivity index is 2.24. The molecule has 4 nitrogen and oxygen atoms in total. The number of amides is 1. The number of hydrogen-bond donors (Lipinski definition) is 1. The fourth-order valence-corrected chi connectivity index (χ4v) is 3.01. The predicted octanol–water partition coefficient (Wildman–Crippen LogP) is 3.52. The summed E-state index contributed by atoms with van der Waals surface area (Å²) in [6.07, 6.45) is -0.108. The number of carbonyl (C=O) groups is 1. The van der Waals surface area contributed by atoms with Crippen molar-refractivity contribution in [3.05, 3.63) is 59.1 Å². The van der Waals surface area contributed by atoms with Crippen LogP contribution in [-0.2, 0) is 21.1 Å². The first-order valence-electron chi connectivity index (χ1n) is 6.46. The second kappa shape index (κ2) is 7.06. The highest BCUT2D eigenvalue weighted by Gasteiger charge is 2.29. The van der Waals surface area contributed by atoms with Crippen molar-refractivity contribution < 1.29 is 22.0 Å². The molecule has 0 atom stereocenters. The van der Waals surface area contributed by atoms with E-state index in [1.165, 1.54) is 18.2 Å². The van der Waals surface area contributed by atoms with Gasteiger partial charge in [0.15, 0.2) is 0 Å². The molecule has 0 aromatic heterocycles. The summed E-state index contributed by atoms with van der Waals surface area (Å²) in [6.45, 7) is 0. The summed E-state index contributed by atoms with van der Waals surface area (Å²) >= 11 is 5.94. The van der Waals surface area contributed by atoms with Gasteiger partial charge in [-0.1, -0.05) is 41.9 Å². The molecule has 1 amide bonds. The molecule has 122 valence electrons. The van der Waals surface area contributed by atoms with Crippen LogP contribution in [0, 0.1) is 0 Å². The van der Waals surface area contributed by atoms with E-state index in [0.717, 1.165) is 6.07 Å². The first-order valence-corrected chi connectivity index (χ1v) is 8.39. The van der Waals surface area contributed by atoms with Crippen LogP contribution in [0.5, 0.6) is 0 Å². The predicted molar refractivity (Wildman–Crippen MR) is 83.4 cm³/mol. The van der Waals surface area contributed by atoms with Gasteiger partial charge in [0.2, 0.25) is 15.7 Å². The van der Waals surface area contributed by atoms with Gasteiger partial charge in [0.1, 0.15) is 0 Å². The van der Waals surface area contributed by atoms with Crippen LogP contribution < -0.4 is 5.32 Å². The molecule has 0 fully saturated rings. The number of sulfone groups is 1. The lowest BCUT2D eigenvalue weighted by Gasteiger charge is -2.11. The quantitative estimate of drug-likeness (QED) is 0.888. The van der Waals surface area contributed by atoms with E-state index in [2.05, 4.69) is 5.32 Å². The summed E-state index contributed by atoms with van der Waals surface area (Å²) in [5, 5.41) is 2.72. The van der Waals surface area contributed by atoms with Gasteiger partial charge in [-0.15, -0.1) is 0 Å². The molecule has 0 aliphatic heterocycles. The van der Waals surface area contributed by atoms with Crippen molar-refractivity contribution in [2.24, 2.45) is 0 Å². The molecule has 0 radical (unpaired) electrons. The largest absolute Gasteiger partial charge is 0.341 e. The van der Waals surface area contributed by atoms with Gasteiger partial charge >= 0.3 is 5.76 Å². The third-order valence-electron chi connectivity index (χ3n) is 3.01. The van der Waals surface area contributed by atoms with Gasteiger partial charge in [0.05, 0.1) is 17.0 Å². The van der Waals surface area contributed by atoms with Crippen LogP contribution >= 0.6 is 11.6 Å². The van der Waals surface area contributed by atoms with Crippen LogP contribution in [0.1, 0.15) is 5.56 Å². The maximum Gasteiger partial charge on any atom is 0.341 e. The zero-order valence-electron chi connectivity index (χ0n) is 11.7. The van der Waals surface area contributed by atoms with Crippen molar-refractivity contribution in [2.75, 3.05) is 5.32 Å². The standard InChI is InChI=1S/C15H12ClF2NO3S/c16-11-6-2-1-5-10(11)9-14(20)19-12-7-3-4-8-13(12)23(21,22)15(17)18/h1-8,15H,9H2,(H,19,20). The van der Waals surface area contributed by atoms with E-state index in [4.69, 9.17) is 11.6 Å². The maximum absolute atomic E-state index is 12.7. The van der Waals surface area contributed by atoms with Gasteiger partial charge in [-0.25, -0.2) is 8.42 Å². The molecule has 0 unspecified atom stereocenters. The van der Waals surface area contributed by atoms with E-state index >= 15 is 0 Å². The molecule has 2 aromatic rings. The highest BCUT2D eigenvalue weighted by Crippen LogP contribution is 2.26. The number of carbonyl (C=O) groups excluding carboxylic acids is 1. The molecule has 0 aliphatic rings. The summed E-state index contributed by atoms with van der Waals surface area (Å²) in [6, 6.07) is 11.7. The van der Waals surface area contributed by atoms with Crippen molar-refractivity contribution >= 4 is 33.0 Å². The van der Waals surface area contributed by atoms with Crippen molar-refractivity contribution in [3.63, 3.8) is 0 Å². The minimum absolute atomic E-state index is 0.108. The van der Waals surface area contributed by atoms with Gasteiger partial charge in [0, 0.05) is 5.02 Å². The highest BCUT2D eigenvalue weighted by atomic mass is 35.5. The van der Waals surface area contributed by atoms with Crippen LogP contribution in [0.4, 0.5) is 14.5 Å². The SMILES string of the molecule is O=C(Cc1ccccc1Cl)Nc1ccccc1S(=O)(=O)C(F)F. The second-order valence-electron chi connectivity index (χ2n) is 4.62. The Kier molecular flexibility index (Phi) is 5.33. The minimum atomic E-state index is -4.81. The average Bonchev–Trinajstić information content (AvgIpc) is 2.50. The van der Waals surface area contributed by atoms with Crippen LogP contribution in [0.25, 0.3) is 0 Å². The van der Waals surface area contributed by atoms with Crippen molar-refractivity contribution in [3.8, 4) is 0 Å². The molecule has 2 aromatic carbocycles. The molecule has 0 saturated heterocycles. The number of rotatable bonds is 5. The third-order valence-corrected chi connectivity index (χ3v) is 4.82. The molecule has 1 N–H and O–H groups in total. The monoisotopic (exact) mass is 359 g/mol. The van der Waals surface area contributed by atoms with Crippen molar-refractivity contribution in [1.82, 2.24) is 0 Å². The van der Waals surface area contributed by atoms with E-state index in [9.17, 15) is 22.0 Å². The summed E-state index contributed by atoms with van der Waals surface area (Å²) in [5.41, 5.74) is 0.353. The molecule has 23 heavy (non-hydrogen) atoms. The maximum atomic E-state index is 12.7. The lowest BCUT2D eigenvalue weighted by atomic mass is 10.1. The molecular formula is C15H12ClF2NO3S. The Morgan fingerprint density at radius 1 is 1.09 bits per heavy atom. The number of hydrogen-bond acceptors (Lipinski definition) is 3. The zero-order chi connectivity index (χ0) is 17.0. The first-order chi connectivity index (χ1) is 10.8. The van der Waals surface area contributed by atoms with Gasteiger partial charge in [-0.05, 0) is 23.8 Å². The normalized spacial score (nSPS) is 11.5. The van der Waals surface area contributed by atoms with E-state index in [0.29, 0.717) is 10.6 Å². The number of para-hydroxylation sites is 1. The molecule has 2 rings (SSSR count). The summed E-state index contributed by atoms with van der Waals surface area (Å²) in [4.78, 5) is 11.4. The van der Waals surface area contributed by atoms with E-state index < -0.39 is 26.4 Å². The Bertz CT molecular complexity index is 825. The van der Waals surface area contributed by atoms with E-state index in [-0.39, 0.29) is 12.1 Å². The van der Waals surface area contributed by atoms with Crippen LogP contribution in [-0.4, -0.2) is 20.1 Å². The fraction of sp³-hybridized carbons (Fsp3) is 0.133. The minimum Gasteiger partial charge on any atom is -0.325 e. The zero-order valence-corrected chi connectivity index (χ0v) is 13.2. The average molecular weight is 360 g/mol. The Labute approximate surface area is 137 Å². The molecule has 8 heteroatoms. The van der Waals surface area contributed by atoms with Crippen LogP contribution in [0.2, 0.25) is 5.02 Å². The van der Waals surface area contributed by atoms with Crippen molar-refractivity contribution in [1.29, 1.82) is 0 Å². The number of anilines is 1. The van der Waals surface area contributed by atoms with Crippen LogP contribution in [0.15, 0.2) is 53.4 Å². The van der Waals surface area contributed by atoms with Gasteiger partial charge in [-0.2, -0.15) is 8.78 Å². The summed E-state index contributed by atoms with van der Waals surface area (Å²) in [5.74, 6) is -4.13. The topological polar surface area (TPSA) is 63.2 Å². The van der Waals surface area contributed by atoms with Crippen LogP contribution in [0.3, 0.4) is 0 Å². The molecule has 0 bridgehead atoms. The van der Waals surface area contributed by atoms with Crippen molar-refractivity contribution in [2.45, 2.75) is 17.1 Å². The number of benzene rings is 2. The number of halogens is 3. The second-order valence-corrected chi connectivity index (χ2v) is 6.91. The number of nitrogens with one attached hydrogen (secondary N) is 1. The molecular weight excluding hydrogens is 348 g/mol. The Morgan fingerprint density at radius 3 is 2.35 bits per heavy atom. The third kappa shape index (κ3) is 4.05. The summed E-state index contributed by atoms with van der Waals surface area (Å²) < 4.78 is 48.6. The van der Waals surface area contributed by atoms with Gasteiger partial charge in [0.25, 0.3) is 0 Å². The first kappa shape index (κ1) is 17.4. The van der Waals surface area contributed by atoms with Gasteiger partial charge in [-0.3, -0.25) is 4.79 Å². The number of alkyl halides is 2. The molecule has 0 spiro atoms. The fourth-order valence-electron chi connectivity index (χ4n) is 1.92. The summed E-state index contributed by atoms with van der Waals surface area (Å²) in [7, 11) is -4.81. The van der Waals surface area contributed by atoms with Gasteiger partial charge < -0.3 is 5.32 Å². The lowest BCUT2D eigenvalue weighted by molar-refractivity contribution is -0.115. The lowest BCUT2D eigenvalue weighted by Crippen LogP contribution is -2.19. The van der Waals surface area contributed by atoms with E-state index in [1.54, 1.807) is 24.3 Å². The smallest absolute Gasteiger partial charge is 0.325 e. The van der Waals surface area contributed by atoms with E-state index in [1.807, 2.05) is 0 Å². The molecule has 0 heterocycles. The Morgan fingerprint density at radius 2 is 1.70 bits per heavy atom. The Hall–Kier alpha value is -1.99. The highest BCUT2D eigenvalue weighted by molar-refractivity contribution is 7.91. The molecule has 0 aliphatic carbocycles. The molecule has 0 saturated carbocycles.